The van der Waals surface area contributed by atoms with Gasteiger partial charge in [-0.15, -0.1) is 5.10 Å². The topological polar surface area (TPSA) is 48.5 Å². The number of hydrogen-bond donors (Lipinski definition) is 0. The number of fused-ring (bicyclic) bond motifs is 1. The van der Waals surface area contributed by atoms with Crippen molar-refractivity contribution in [2.24, 2.45) is 0 Å². The van der Waals surface area contributed by atoms with Crippen LogP contribution in [0.25, 0.3) is 16.9 Å². The number of rotatable bonds is 5. The van der Waals surface area contributed by atoms with E-state index >= 15 is 0 Å². The monoisotopic (exact) mass is 419 g/mol. The Hall–Kier alpha value is -2.77. The second-order valence-corrected chi connectivity index (χ2v) is 7.95. The second-order valence-electron chi connectivity index (χ2n) is 7.95. The van der Waals surface area contributed by atoms with E-state index in [1.54, 1.807) is 0 Å². The average molecular weight is 419 g/mol. The molecule has 1 aromatic carbocycles. The molecule has 5 nitrogen and oxygen atoms in total. The molecular formula is C22H24F3N3O2. The van der Waals surface area contributed by atoms with Crippen LogP contribution in [0.4, 0.5) is 13.2 Å². The van der Waals surface area contributed by atoms with Crippen molar-refractivity contribution in [2.75, 3.05) is 7.11 Å². The molecule has 2 heterocycles. The number of hydrogen-bond acceptors (Lipinski definition) is 3. The maximum Gasteiger partial charge on any atom is 0.417 e. The van der Waals surface area contributed by atoms with Crippen LogP contribution in [0, 0.1) is 6.92 Å². The predicted octanol–water partition coefficient (Wildman–Crippen LogP) is 5.35. The quantitative estimate of drug-likeness (QED) is 0.560. The van der Waals surface area contributed by atoms with E-state index in [1.807, 2.05) is 26.8 Å². The van der Waals surface area contributed by atoms with Crippen LogP contribution in [0.15, 0.2) is 29.1 Å². The number of benzene rings is 1. The lowest BCUT2D eigenvalue weighted by atomic mass is 10.00. The smallest absolute Gasteiger partial charge is 0.417 e. The van der Waals surface area contributed by atoms with Gasteiger partial charge in [0.05, 0.1) is 12.7 Å². The fourth-order valence-corrected chi connectivity index (χ4v) is 3.88. The van der Waals surface area contributed by atoms with Crippen molar-refractivity contribution in [1.82, 2.24) is 14.2 Å². The summed E-state index contributed by atoms with van der Waals surface area (Å²) >= 11 is 0. The number of methoxy groups -OCH3 is 1. The molecule has 0 bridgehead atoms. The number of aromatic nitrogens is 3. The molecule has 2 aromatic heterocycles. The van der Waals surface area contributed by atoms with E-state index in [-0.39, 0.29) is 34.7 Å². The van der Waals surface area contributed by atoms with Gasteiger partial charge in [0.2, 0.25) is 0 Å². The zero-order valence-corrected chi connectivity index (χ0v) is 17.4. The Bertz CT molecular complexity index is 1170. The molecule has 0 N–H and O–H groups in total. The van der Waals surface area contributed by atoms with Crippen molar-refractivity contribution < 1.29 is 17.9 Å². The fraction of sp³-hybridized carbons (Fsp3) is 0.455. The molecule has 30 heavy (non-hydrogen) atoms. The Kier molecular flexibility index (Phi) is 4.91. The van der Waals surface area contributed by atoms with Gasteiger partial charge in [0.15, 0.2) is 5.82 Å². The molecule has 0 spiro atoms. The van der Waals surface area contributed by atoms with Crippen LogP contribution in [0.5, 0.6) is 5.75 Å². The van der Waals surface area contributed by atoms with Crippen molar-refractivity contribution in [3.05, 3.63) is 51.4 Å². The third-order valence-electron chi connectivity index (χ3n) is 5.86. The molecule has 1 aliphatic rings. The Morgan fingerprint density at radius 1 is 1.27 bits per heavy atom. The van der Waals surface area contributed by atoms with Crippen molar-refractivity contribution >= 4 is 5.52 Å². The van der Waals surface area contributed by atoms with Gasteiger partial charge >= 0.3 is 6.18 Å². The minimum Gasteiger partial charge on any atom is -0.497 e. The molecule has 0 saturated heterocycles. The van der Waals surface area contributed by atoms with Gasteiger partial charge in [0.25, 0.3) is 5.56 Å². The highest BCUT2D eigenvalue weighted by Crippen LogP contribution is 2.42. The molecule has 160 valence electrons. The third kappa shape index (κ3) is 3.28. The van der Waals surface area contributed by atoms with Crippen LogP contribution in [-0.2, 0) is 6.18 Å². The van der Waals surface area contributed by atoms with Gasteiger partial charge < -0.3 is 4.74 Å². The second kappa shape index (κ2) is 7.18. The van der Waals surface area contributed by atoms with Crippen LogP contribution >= 0.6 is 0 Å². The van der Waals surface area contributed by atoms with Crippen molar-refractivity contribution in [1.29, 1.82) is 0 Å². The third-order valence-corrected chi connectivity index (χ3v) is 5.86. The summed E-state index contributed by atoms with van der Waals surface area (Å²) in [7, 11) is 1.32. The highest BCUT2D eigenvalue weighted by Gasteiger charge is 2.38. The summed E-state index contributed by atoms with van der Waals surface area (Å²) in [5.41, 5.74) is 0.805. The molecule has 1 saturated carbocycles. The fourth-order valence-electron chi connectivity index (χ4n) is 3.88. The zero-order chi connectivity index (χ0) is 21.8. The molecule has 1 unspecified atom stereocenters. The van der Waals surface area contributed by atoms with Gasteiger partial charge in [-0.25, -0.2) is 4.52 Å². The van der Waals surface area contributed by atoms with Crippen molar-refractivity contribution in [3.63, 3.8) is 0 Å². The van der Waals surface area contributed by atoms with Gasteiger partial charge in [0.1, 0.15) is 11.3 Å². The van der Waals surface area contributed by atoms with Crippen LogP contribution < -0.4 is 10.3 Å². The van der Waals surface area contributed by atoms with E-state index < -0.39 is 11.7 Å². The van der Waals surface area contributed by atoms with E-state index in [4.69, 9.17) is 4.74 Å². The molecule has 0 aliphatic heterocycles. The first-order valence-corrected chi connectivity index (χ1v) is 10.1. The molecule has 0 amide bonds. The summed E-state index contributed by atoms with van der Waals surface area (Å²) in [6, 6.07) is 5.54. The lowest BCUT2D eigenvalue weighted by Gasteiger charge is -2.18. The molecule has 8 heteroatoms. The van der Waals surface area contributed by atoms with Crippen molar-refractivity contribution in [3.8, 4) is 17.1 Å². The molecule has 1 atom stereocenters. The van der Waals surface area contributed by atoms with Gasteiger partial charge in [-0.1, -0.05) is 13.8 Å². The van der Waals surface area contributed by atoms with Crippen LogP contribution in [0.2, 0.25) is 0 Å². The van der Waals surface area contributed by atoms with Gasteiger partial charge in [-0.3, -0.25) is 9.36 Å². The van der Waals surface area contributed by atoms with Gasteiger partial charge in [-0.2, -0.15) is 13.2 Å². The Morgan fingerprint density at radius 3 is 2.53 bits per heavy atom. The Balaban J connectivity index is 2.08. The van der Waals surface area contributed by atoms with E-state index in [2.05, 4.69) is 5.10 Å². The first-order valence-electron chi connectivity index (χ1n) is 10.1. The summed E-state index contributed by atoms with van der Waals surface area (Å²) < 4.78 is 49.6. The summed E-state index contributed by atoms with van der Waals surface area (Å²) in [5.74, 6) is 0.288. The maximum absolute atomic E-state index is 13.9. The number of aryl methyl sites for hydroxylation is 1. The van der Waals surface area contributed by atoms with E-state index in [0.717, 1.165) is 36.6 Å². The largest absolute Gasteiger partial charge is 0.497 e. The number of alkyl halides is 3. The summed E-state index contributed by atoms with van der Waals surface area (Å²) in [4.78, 5) is 13.5. The van der Waals surface area contributed by atoms with E-state index in [9.17, 15) is 18.0 Å². The Labute approximate surface area is 172 Å². The average Bonchev–Trinajstić information content (AvgIpc) is 3.49. The molecule has 0 radical (unpaired) electrons. The maximum atomic E-state index is 13.9. The highest BCUT2D eigenvalue weighted by molar-refractivity contribution is 5.66. The molecule has 1 fully saturated rings. The van der Waals surface area contributed by atoms with Crippen molar-refractivity contribution in [2.45, 2.75) is 58.2 Å². The van der Waals surface area contributed by atoms with Crippen LogP contribution in [-0.4, -0.2) is 21.3 Å². The minimum absolute atomic E-state index is 0.0411. The van der Waals surface area contributed by atoms with Gasteiger partial charge in [0, 0.05) is 17.3 Å². The normalized spacial score (nSPS) is 15.6. The molecule has 4 rings (SSSR count). The standard InChI is InChI=1S/C22H24F3N3O2/c1-5-12(2)17-10-13(3)28-19(17)21(29)27(14-6-7-14)20(26-28)16-9-8-15(30-4)11-18(16)22(23,24)25/h8-12,14H,5-7H2,1-4H3. The summed E-state index contributed by atoms with van der Waals surface area (Å²) in [6.07, 6.45) is -2.26. The van der Waals surface area contributed by atoms with Crippen LogP contribution in [0.3, 0.4) is 0 Å². The first kappa shape index (κ1) is 20.5. The SMILES string of the molecule is CCC(C)c1cc(C)n2nc(-c3ccc(OC)cc3C(F)(F)F)n(C3CC3)c(=O)c12. The molecule has 1 aliphatic carbocycles. The lowest BCUT2D eigenvalue weighted by Crippen LogP contribution is -2.27. The first-order chi connectivity index (χ1) is 14.2. The number of halogens is 3. The number of ether oxygens (including phenoxy) is 1. The minimum atomic E-state index is -4.61. The predicted molar refractivity (Wildman–Crippen MR) is 108 cm³/mol. The summed E-state index contributed by atoms with van der Waals surface area (Å²) in [6.45, 7) is 5.89. The number of nitrogens with zero attached hydrogens (tertiary/aromatic N) is 3. The Morgan fingerprint density at radius 2 is 1.97 bits per heavy atom. The highest BCUT2D eigenvalue weighted by atomic mass is 19.4. The summed E-state index contributed by atoms with van der Waals surface area (Å²) in [5, 5.41) is 4.57. The van der Waals surface area contributed by atoms with Gasteiger partial charge in [-0.05, 0) is 61.9 Å². The van der Waals surface area contributed by atoms with E-state index in [0.29, 0.717) is 5.52 Å². The van der Waals surface area contributed by atoms with E-state index in [1.165, 1.54) is 28.3 Å². The zero-order valence-electron chi connectivity index (χ0n) is 17.4. The lowest BCUT2D eigenvalue weighted by molar-refractivity contribution is -0.137. The van der Waals surface area contributed by atoms with Crippen LogP contribution in [0.1, 0.15) is 61.9 Å². The molecular weight excluding hydrogens is 395 g/mol. The molecule has 3 aromatic rings.